The zero-order chi connectivity index (χ0) is 19.7. The molecule has 1 N–H and O–H groups in total. The number of hydrogen-bond acceptors (Lipinski definition) is 7. The van der Waals surface area contributed by atoms with Crippen LogP contribution in [0, 0.1) is 0 Å². The Morgan fingerprint density at radius 3 is 2.36 bits per heavy atom. The van der Waals surface area contributed by atoms with E-state index in [-0.39, 0.29) is 11.4 Å². The molecule has 0 bridgehead atoms. The summed E-state index contributed by atoms with van der Waals surface area (Å²) in [6.45, 7) is 0. The van der Waals surface area contributed by atoms with E-state index in [1.165, 1.54) is 27.4 Å². The molecule has 28 heavy (non-hydrogen) atoms. The van der Waals surface area contributed by atoms with Crippen molar-refractivity contribution in [3.63, 3.8) is 0 Å². The monoisotopic (exact) mass is 379 g/mol. The summed E-state index contributed by atoms with van der Waals surface area (Å²) >= 11 is 0. The maximum Gasteiger partial charge on any atom is 0.259 e. The van der Waals surface area contributed by atoms with Gasteiger partial charge < -0.3 is 23.7 Å². The third kappa shape index (κ3) is 2.94. The van der Waals surface area contributed by atoms with E-state index in [2.05, 4.69) is 15.1 Å². The number of H-pyrrole nitrogens is 1. The number of rotatable bonds is 5. The zero-order valence-corrected chi connectivity index (χ0v) is 15.5. The lowest BCUT2D eigenvalue weighted by molar-refractivity contribution is 0.324. The number of para-hydroxylation sites is 1. The lowest BCUT2D eigenvalue weighted by atomic mass is 10.1. The minimum Gasteiger partial charge on any atom is -0.493 e. The number of fused-ring (bicyclic) bond motifs is 1. The summed E-state index contributed by atoms with van der Waals surface area (Å²) in [5, 5.41) is 4.86. The van der Waals surface area contributed by atoms with Crippen LogP contribution in [0.15, 0.2) is 51.8 Å². The van der Waals surface area contributed by atoms with Crippen LogP contribution >= 0.6 is 0 Å². The fourth-order valence-corrected chi connectivity index (χ4v) is 3.04. The van der Waals surface area contributed by atoms with Crippen molar-refractivity contribution in [3.8, 4) is 40.1 Å². The van der Waals surface area contributed by atoms with E-state index in [9.17, 15) is 4.79 Å². The van der Waals surface area contributed by atoms with E-state index in [4.69, 9.17) is 18.7 Å². The predicted molar refractivity (Wildman–Crippen MR) is 103 cm³/mol. The van der Waals surface area contributed by atoms with Gasteiger partial charge in [0.15, 0.2) is 11.5 Å². The van der Waals surface area contributed by atoms with Crippen molar-refractivity contribution in [2.45, 2.75) is 0 Å². The molecule has 0 aliphatic carbocycles. The Morgan fingerprint density at radius 1 is 0.964 bits per heavy atom. The normalized spacial score (nSPS) is 10.8. The van der Waals surface area contributed by atoms with Crippen molar-refractivity contribution in [1.82, 2.24) is 15.1 Å². The van der Waals surface area contributed by atoms with Crippen LogP contribution in [0.4, 0.5) is 0 Å². The zero-order valence-electron chi connectivity index (χ0n) is 15.5. The number of hydrogen-bond donors (Lipinski definition) is 1. The molecule has 0 fully saturated rings. The van der Waals surface area contributed by atoms with Gasteiger partial charge in [-0.1, -0.05) is 23.4 Å². The fraction of sp³-hybridized carbons (Fsp3) is 0.150. The van der Waals surface area contributed by atoms with Gasteiger partial charge in [-0.25, -0.2) is 0 Å². The lowest BCUT2D eigenvalue weighted by Crippen LogP contribution is -2.04. The van der Waals surface area contributed by atoms with Gasteiger partial charge in [-0.15, -0.1) is 0 Å². The van der Waals surface area contributed by atoms with Crippen molar-refractivity contribution >= 4 is 10.9 Å². The number of aromatic amines is 1. The van der Waals surface area contributed by atoms with Crippen molar-refractivity contribution in [2.75, 3.05) is 21.3 Å². The van der Waals surface area contributed by atoms with Crippen LogP contribution in [0.25, 0.3) is 33.7 Å². The second kappa shape index (κ2) is 7.07. The summed E-state index contributed by atoms with van der Waals surface area (Å²) in [6.07, 6.45) is 0. The Labute approximate surface area is 159 Å². The van der Waals surface area contributed by atoms with Crippen LogP contribution in [-0.4, -0.2) is 36.5 Å². The fourth-order valence-electron chi connectivity index (χ4n) is 3.04. The Balaban J connectivity index is 1.84. The smallest absolute Gasteiger partial charge is 0.259 e. The average Bonchev–Trinajstić information content (AvgIpc) is 3.22. The SMILES string of the molecule is COc1cc(-c2noc(-c3cc(=O)[nH]c4ccccc34)n2)cc(OC)c1OC. The third-order valence-electron chi connectivity index (χ3n) is 4.33. The first-order valence-corrected chi connectivity index (χ1v) is 8.41. The number of aromatic nitrogens is 3. The van der Waals surface area contributed by atoms with Gasteiger partial charge in [0, 0.05) is 22.5 Å². The molecule has 8 nitrogen and oxygen atoms in total. The summed E-state index contributed by atoms with van der Waals surface area (Å²) in [6, 6.07) is 12.3. The maximum absolute atomic E-state index is 12.0. The molecule has 0 aliphatic heterocycles. The third-order valence-corrected chi connectivity index (χ3v) is 4.33. The van der Waals surface area contributed by atoms with E-state index in [1.54, 1.807) is 12.1 Å². The number of nitrogens with zero attached hydrogens (tertiary/aromatic N) is 2. The topological polar surface area (TPSA) is 99.5 Å². The molecule has 2 aromatic carbocycles. The van der Waals surface area contributed by atoms with Crippen LogP contribution in [0.2, 0.25) is 0 Å². The first-order chi connectivity index (χ1) is 13.6. The van der Waals surface area contributed by atoms with E-state index >= 15 is 0 Å². The molecule has 0 radical (unpaired) electrons. The van der Waals surface area contributed by atoms with Gasteiger partial charge in [0.1, 0.15) is 0 Å². The quantitative estimate of drug-likeness (QED) is 0.568. The van der Waals surface area contributed by atoms with Gasteiger partial charge >= 0.3 is 0 Å². The Hall–Kier alpha value is -3.81. The summed E-state index contributed by atoms with van der Waals surface area (Å²) in [5.74, 6) is 2.00. The summed E-state index contributed by atoms with van der Waals surface area (Å²) < 4.78 is 21.5. The standard InChI is InChI=1S/C20H17N3O5/c1-25-15-8-11(9-16(26-2)18(15)27-3)19-22-20(28-23-19)13-10-17(24)21-14-7-5-4-6-12(13)14/h4-10H,1-3H3,(H,21,24). The largest absolute Gasteiger partial charge is 0.493 e. The molecule has 4 rings (SSSR count). The molecule has 0 amide bonds. The molecule has 2 heterocycles. The van der Waals surface area contributed by atoms with Crippen LogP contribution in [0.3, 0.4) is 0 Å². The van der Waals surface area contributed by atoms with Gasteiger partial charge in [0.25, 0.3) is 5.89 Å². The van der Waals surface area contributed by atoms with Gasteiger partial charge in [0.05, 0.1) is 26.9 Å². The highest BCUT2D eigenvalue weighted by molar-refractivity contribution is 5.92. The first kappa shape index (κ1) is 17.6. The van der Waals surface area contributed by atoms with Gasteiger partial charge in [-0.2, -0.15) is 4.98 Å². The first-order valence-electron chi connectivity index (χ1n) is 8.41. The molecule has 142 valence electrons. The molecule has 8 heteroatoms. The second-order valence-corrected chi connectivity index (χ2v) is 5.93. The lowest BCUT2D eigenvalue weighted by Gasteiger charge is -2.12. The van der Waals surface area contributed by atoms with Crippen molar-refractivity contribution < 1.29 is 18.7 Å². The van der Waals surface area contributed by atoms with Crippen LogP contribution in [0.5, 0.6) is 17.2 Å². The maximum atomic E-state index is 12.0. The molecule has 0 unspecified atom stereocenters. The van der Waals surface area contributed by atoms with Crippen molar-refractivity contribution in [2.24, 2.45) is 0 Å². The van der Waals surface area contributed by atoms with Gasteiger partial charge in [0.2, 0.25) is 17.1 Å². The number of nitrogens with one attached hydrogen (secondary N) is 1. The van der Waals surface area contributed by atoms with Gasteiger partial charge in [-0.05, 0) is 18.2 Å². The molecule has 0 saturated heterocycles. The van der Waals surface area contributed by atoms with Gasteiger partial charge in [-0.3, -0.25) is 4.79 Å². The van der Waals surface area contributed by atoms with Crippen LogP contribution in [0.1, 0.15) is 0 Å². The highest BCUT2D eigenvalue weighted by Gasteiger charge is 2.19. The number of benzene rings is 2. The van der Waals surface area contributed by atoms with Crippen molar-refractivity contribution in [1.29, 1.82) is 0 Å². The highest BCUT2D eigenvalue weighted by atomic mass is 16.5. The second-order valence-electron chi connectivity index (χ2n) is 5.93. The van der Waals surface area contributed by atoms with E-state index in [0.29, 0.717) is 39.7 Å². The van der Waals surface area contributed by atoms with E-state index < -0.39 is 0 Å². The Kier molecular flexibility index (Phi) is 4.44. The Bertz CT molecular complexity index is 1190. The molecule has 0 saturated carbocycles. The number of pyridine rings is 1. The molecule has 0 aliphatic rings. The minimum absolute atomic E-state index is 0.242. The van der Waals surface area contributed by atoms with E-state index in [1.807, 2.05) is 24.3 Å². The summed E-state index contributed by atoms with van der Waals surface area (Å²) in [4.78, 5) is 19.3. The molecule has 2 aromatic heterocycles. The molecular formula is C20H17N3O5. The number of methoxy groups -OCH3 is 3. The highest BCUT2D eigenvalue weighted by Crippen LogP contribution is 2.41. The average molecular weight is 379 g/mol. The number of ether oxygens (including phenoxy) is 3. The minimum atomic E-state index is -0.249. The molecular weight excluding hydrogens is 362 g/mol. The molecule has 0 atom stereocenters. The van der Waals surface area contributed by atoms with Crippen LogP contribution in [-0.2, 0) is 0 Å². The molecule has 0 spiro atoms. The van der Waals surface area contributed by atoms with Crippen molar-refractivity contribution in [3.05, 3.63) is 52.8 Å². The summed E-state index contributed by atoms with van der Waals surface area (Å²) in [5.41, 5.74) is 1.63. The van der Waals surface area contributed by atoms with E-state index in [0.717, 1.165) is 5.39 Å². The molecule has 4 aromatic rings. The summed E-state index contributed by atoms with van der Waals surface area (Å²) in [7, 11) is 4.60. The van der Waals surface area contributed by atoms with Crippen LogP contribution < -0.4 is 19.8 Å². The Morgan fingerprint density at radius 2 is 1.68 bits per heavy atom. The predicted octanol–water partition coefficient (Wildman–Crippen LogP) is 3.27.